The molecule has 2 rings (SSSR count). The van der Waals surface area contributed by atoms with Crippen molar-refractivity contribution < 1.29 is 0 Å². The van der Waals surface area contributed by atoms with Crippen LogP contribution in [0.5, 0.6) is 0 Å². The maximum absolute atomic E-state index is 3.57. The summed E-state index contributed by atoms with van der Waals surface area (Å²) >= 11 is 5.26. The number of thiophene rings is 1. The van der Waals surface area contributed by atoms with Gasteiger partial charge in [-0.2, -0.15) is 0 Å². The lowest BCUT2D eigenvalue weighted by molar-refractivity contribution is 0.342. The van der Waals surface area contributed by atoms with E-state index in [4.69, 9.17) is 0 Å². The molecule has 84 valence electrons. The molecule has 1 nitrogen and oxygen atoms in total. The molecule has 1 fully saturated rings. The molecule has 0 bridgehead atoms. The second-order valence-electron chi connectivity index (χ2n) is 4.39. The smallest absolute Gasteiger partial charge is 0.0701 e. The second-order valence-corrected chi connectivity index (χ2v) is 6.68. The SMILES string of the molecule is Brc1cc(CNCC2CCCCC2)cs1. The molecule has 1 aliphatic rings. The predicted octanol–water partition coefficient (Wildman–Crippen LogP) is 4.18. The standard InChI is InChI=1S/C12H18BrNS/c13-12-6-11(9-15-12)8-14-7-10-4-2-1-3-5-10/h6,9-10,14H,1-5,7-8H2. The van der Waals surface area contributed by atoms with Gasteiger partial charge in [-0.25, -0.2) is 0 Å². The summed E-state index contributed by atoms with van der Waals surface area (Å²) in [5.74, 6) is 0.931. The van der Waals surface area contributed by atoms with Crippen LogP contribution in [0.15, 0.2) is 15.2 Å². The summed E-state index contributed by atoms with van der Waals surface area (Å²) in [6.07, 6.45) is 7.20. The zero-order chi connectivity index (χ0) is 10.5. The van der Waals surface area contributed by atoms with Crippen LogP contribution in [0.1, 0.15) is 37.7 Å². The topological polar surface area (TPSA) is 12.0 Å². The highest BCUT2D eigenvalue weighted by atomic mass is 79.9. The van der Waals surface area contributed by atoms with Crippen molar-refractivity contribution in [3.05, 3.63) is 20.8 Å². The Morgan fingerprint density at radius 3 is 2.80 bits per heavy atom. The Bertz CT molecular complexity index is 292. The molecule has 0 saturated heterocycles. The van der Waals surface area contributed by atoms with Crippen molar-refractivity contribution >= 4 is 27.3 Å². The summed E-state index contributed by atoms with van der Waals surface area (Å²) in [6, 6.07) is 2.21. The number of rotatable bonds is 4. The fraction of sp³-hybridized carbons (Fsp3) is 0.667. The maximum Gasteiger partial charge on any atom is 0.0701 e. The Hall–Kier alpha value is 0.140. The Kier molecular flexibility index (Phi) is 4.66. The van der Waals surface area contributed by atoms with Gasteiger partial charge in [0.1, 0.15) is 0 Å². The molecule has 1 heterocycles. The highest BCUT2D eigenvalue weighted by Gasteiger charge is 2.12. The van der Waals surface area contributed by atoms with E-state index in [-0.39, 0.29) is 0 Å². The largest absolute Gasteiger partial charge is 0.312 e. The molecule has 0 atom stereocenters. The third kappa shape index (κ3) is 3.89. The molecular formula is C12H18BrNS. The quantitative estimate of drug-likeness (QED) is 0.876. The van der Waals surface area contributed by atoms with Gasteiger partial charge < -0.3 is 5.32 Å². The third-order valence-electron chi connectivity index (χ3n) is 3.11. The van der Waals surface area contributed by atoms with Gasteiger partial charge >= 0.3 is 0 Å². The van der Waals surface area contributed by atoms with Crippen molar-refractivity contribution in [1.82, 2.24) is 5.32 Å². The van der Waals surface area contributed by atoms with Gasteiger partial charge in [-0.3, -0.25) is 0 Å². The van der Waals surface area contributed by atoms with Crippen molar-refractivity contribution in [3.63, 3.8) is 0 Å². The minimum absolute atomic E-state index is 0.931. The van der Waals surface area contributed by atoms with E-state index in [2.05, 4.69) is 32.7 Å². The Morgan fingerprint density at radius 1 is 1.33 bits per heavy atom. The van der Waals surface area contributed by atoms with Crippen LogP contribution in [0.2, 0.25) is 0 Å². The average Bonchev–Trinajstić information content (AvgIpc) is 2.66. The van der Waals surface area contributed by atoms with E-state index in [9.17, 15) is 0 Å². The molecule has 0 radical (unpaired) electrons. The zero-order valence-corrected chi connectivity index (χ0v) is 11.4. The Balaban J connectivity index is 1.65. The molecule has 3 heteroatoms. The van der Waals surface area contributed by atoms with Crippen LogP contribution in [0.3, 0.4) is 0 Å². The minimum atomic E-state index is 0.931. The molecule has 0 amide bonds. The zero-order valence-electron chi connectivity index (χ0n) is 8.97. The Morgan fingerprint density at radius 2 is 2.13 bits per heavy atom. The van der Waals surface area contributed by atoms with E-state index in [0.717, 1.165) is 12.5 Å². The van der Waals surface area contributed by atoms with Crippen molar-refractivity contribution in [2.45, 2.75) is 38.6 Å². The molecule has 0 unspecified atom stereocenters. The molecule has 1 N–H and O–H groups in total. The maximum atomic E-state index is 3.57. The summed E-state index contributed by atoms with van der Waals surface area (Å²) in [6.45, 7) is 2.23. The summed E-state index contributed by atoms with van der Waals surface area (Å²) in [5, 5.41) is 5.79. The minimum Gasteiger partial charge on any atom is -0.312 e. The number of hydrogen-bond acceptors (Lipinski definition) is 2. The van der Waals surface area contributed by atoms with Crippen molar-refractivity contribution in [3.8, 4) is 0 Å². The van der Waals surface area contributed by atoms with Gasteiger partial charge in [0.25, 0.3) is 0 Å². The van der Waals surface area contributed by atoms with Crippen LogP contribution >= 0.6 is 27.3 Å². The normalized spacial score (nSPS) is 18.2. The third-order valence-corrected chi connectivity index (χ3v) is 4.66. The van der Waals surface area contributed by atoms with Crippen LogP contribution in [0.4, 0.5) is 0 Å². The van der Waals surface area contributed by atoms with Crippen molar-refractivity contribution in [1.29, 1.82) is 0 Å². The van der Waals surface area contributed by atoms with Crippen LogP contribution in [-0.2, 0) is 6.54 Å². The summed E-state index contributed by atoms with van der Waals surface area (Å²) in [5.41, 5.74) is 1.41. The van der Waals surface area contributed by atoms with Crippen LogP contribution in [0, 0.1) is 5.92 Å². The highest BCUT2D eigenvalue weighted by molar-refractivity contribution is 9.11. The highest BCUT2D eigenvalue weighted by Crippen LogP contribution is 2.23. The Labute approximate surface area is 104 Å². The molecule has 15 heavy (non-hydrogen) atoms. The number of nitrogens with one attached hydrogen (secondary N) is 1. The molecule has 0 aromatic carbocycles. The average molecular weight is 288 g/mol. The van der Waals surface area contributed by atoms with E-state index >= 15 is 0 Å². The van der Waals surface area contributed by atoms with E-state index in [0.29, 0.717) is 0 Å². The van der Waals surface area contributed by atoms with Gasteiger partial charge in [-0.15, -0.1) is 11.3 Å². The first-order valence-electron chi connectivity index (χ1n) is 5.78. The predicted molar refractivity (Wildman–Crippen MR) is 70.3 cm³/mol. The van der Waals surface area contributed by atoms with Gasteiger partial charge in [-0.05, 0) is 58.2 Å². The molecule has 1 aromatic heterocycles. The molecule has 1 aromatic rings. The van der Waals surface area contributed by atoms with Gasteiger partial charge in [0.15, 0.2) is 0 Å². The molecule has 0 aliphatic heterocycles. The first-order chi connectivity index (χ1) is 7.34. The van der Waals surface area contributed by atoms with Crippen LogP contribution < -0.4 is 5.32 Å². The van der Waals surface area contributed by atoms with Crippen molar-refractivity contribution in [2.24, 2.45) is 5.92 Å². The summed E-state index contributed by atoms with van der Waals surface area (Å²) in [4.78, 5) is 0. The van der Waals surface area contributed by atoms with Crippen LogP contribution in [-0.4, -0.2) is 6.54 Å². The molecular weight excluding hydrogens is 270 g/mol. The van der Waals surface area contributed by atoms with E-state index in [1.807, 2.05) is 0 Å². The fourth-order valence-corrected chi connectivity index (χ4v) is 3.46. The lowest BCUT2D eigenvalue weighted by atomic mass is 9.89. The van der Waals surface area contributed by atoms with Crippen LogP contribution in [0.25, 0.3) is 0 Å². The monoisotopic (exact) mass is 287 g/mol. The van der Waals surface area contributed by atoms with E-state index in [1.54, 1.807) is 11.3 Å². The number of halogens is 1. The molecule has 1 saturated carbocycles. The van der Waals surface area contributed by atoms with Gasteiger partial charge in [0, 0.05) is 6.54 Å². The van der Waals surface area contributed by atoms with Gasteiger partial charge in [-0.1, -0.05) is 19.3 Å². The lowest BCUT2D eigenvalue weighted by Gasteiger charge is -2.21. The number of hydrogen-bond donors (Lipinski definition) is 1. The fourth-order valence-electron chi connectivity index (χ4n) is 2.25. The molecule has 0 spiro atoms. The summed E-state index contributed by atoms with van der Waals surface area (Å²) < 4.78 is 1.23. The summed E-state index contributed by atoms with van der Waals surface area (Å²) in [7, 11) is 0. The van der Waals surface area contributed by atoms with E-state index < -0.39 is 0 Å². The first-order valence-corrected chi connectivity index (χ1v) is 7.45. The lowest BCUT2D eigenvalue weighted by Crippen LogP contribution is -2.23. The van der Waals surface area contributed by atoms with Gasteiger partial charge in [0.2, 0.25) is 0 Å². The van der Waals surface area contributed by atoms with E-state index in [1.165, 1.54) is 48.0 Å². The first kappa shape index (κ1) is 11.6. The molecule has 1 aliphatic carbocycles. The van der Waals surface area contributed by atoms with Gasteiger partial charge in [0.05, 0.1) is 3.79 Å². The van der Waals surface area contributed by atoms with Crippen molar-refractivity contribution in [2.75, 3.05) is 6.54 Å². The second kappa shape index (κ2) is 6.02.